The van der Waals surface area contributed by atoms with E-state index in [1.54, 1.807) is 0 Å². The van der Waals surface area contributed by atoms with Gasteiger partial charge in [-0.25, -0.2) is 0 Å². The number of fused-ring (bicyclic) bond motifs is 3. The molecule has 3 rings (SSSR count). The van der Waals surface area contributed by atoms with Crippen molar-refractivity contribution < 1.29 is 18.2 Å². The van der Waals surface area contributed by atoms with Crippen LogP contribution in [0.5, 0.6) is 0 Å². The first-order valence-corrected chi connectivity index (χ1v) is 14.6. The Labute approximate surface area is 120 Å². The Morgan fingerprint density at radius 2 is 1.59 bits per heavy atom. The van der Waals surface area contributed by atoms with Crippen LogP contribution < -0.4 is 0 Å². The first-order valence-electron chi connectivity index (χ1n) is 5.10. The van der Waals surface area contributed by atoms with Crippen LogP contribution in [0.25, 0.3) is 11.1 Å². The minimum absolute atomic E-state index is 1.05. The summed E-state index contributed by atoms with van der Waals surface area (Å²) in [6, 6.07) is 18.1. The summed E-state index contributed by atoms with van der Waals surface area (Å²) in [5, 5.41) is 0. The molecule has 4 heteroatoms. The van der Waals surface area contributed by atoms with Gasteiger partial charge in [-0.1, -0.05) is 35.4 Å². The molecule has 0 saturated heterocycles. The molecular weight excluding hydrogens is 354 g/mol. The van der Waals surface area contributed by atoms with E-state index in [4.69, 9.17) is 25.5 Å². The van der Waals surface area contributed by atoms with E-state index in [-0.39, 0.29) is 0 Å². The van der Waals surface area contributed by atoms with Crippen molar-refractivity contribution in [3.05, 3.63) is 59.7 Å². The molecule has 1 aliphatic carbocycles. The van der Waals surface area contributed by atoms with E-state index >= 15 is 0 Å². The largest absolute Gasteiger partial charge is 0.179 e. The summed E-state index contributed by atoms with van der Waals surface area (Å²) in [6.45, 7) is 0. The fraction of sp³-hybridized carbons (Fsp3) is 0.0769. The molecule has 2 aromatic carbocycles. The van der Waals surface area contributed by atoms with E-state index in [0.717, 1.165) is 6.42 Å². The summed E-state index contributed by atoms with van der Waals surface area (Å²) < 4.78 is 0. The van der Waals surface area contributed by atoms with Crippen molar-refractivity contribution >= 4 is 25.5 Å². The Morgan fingerprint density at radius 1 is 0.941 bits per heavy atom. The van der Waals surface area contributed by atoms with Crippen molar-refractivity contribution in [2.75, 3.05) is 0 Å². The maximum absolute atomic E-state index is 5.00. The molecular formula is C13H9Cl3Zr-. The molecule has 0 bridgehead atoms. The molecule has 0 nitrogen and oxygen atoms in total. The Kier molecular flexibility index (Phi) is 5.12. The predicted molar refractivity (Wildman–Crippen MR) is 71.1 cm³/mol. The molecule has 0 saturated carbocycles. The number of benzene rings is 2. The minimum atomic E-state index is -2.13. The van der Waals surface area contributed by atoms with Crippen LogP contribution in [0.3, 0.4) is 0 Å². The smallest absolute Gasteiger partial charge is 0.0253 e. The van der Waals surface area contributed by atoms with E-state index in [9.17, 15) is 0 Å². The zero-order valence-electron chi connectivity index (χ0n) is 8.88. The molecule has 0 spiro atoms. The van der Waals surface area contributed by atoms with Gasteiger partial charge < -0.3 is 0 Å². The predicted octanol–water partition coefficient (Wildman–Crippen LogP) is 5.12. The second kappa shape index (κ2) is 6.39. The molecule has 0 unspecified atom stereocenters. The first kappa shape index (κ1) is 13.6. The van der Waals surface area contributed by atoms with Crippen LogP contribution in [-0.2, 0) is 24.6 Å². The zero-order chi connectivity index (χ0) is 12.3. The summed E-state index contributed by atoms with van der Waals surface area (Å²) in [5.41, 5.74) is 5.51. The molecule has 0 aliphatic heterocycles. The van der Waals surface area contributed by atoms with Crippen LogP contribution >= 0.6 is 25.5 Å². The summed E-state index contributed by atoms with van der Waals surface area (Å²) >= 11 is -2.13. The summed E-state index contributed by atoms with van der Waals surface area (Å²) in [6.07, 6.45) is 1.05. The van der Waals surface area contributed by atoms with Gasteiger partial charge in [-0.15, -0.1) is 5.56 Å². The van der Waals surface area contributed by atoms with Gasteiger partial charge in [0.1, 0.15) is 0 Å². The van der Waals surface area contributed by atoms with E-state index < -0.39 is 18.2 Å². The topological polar surface area (TPSA) is 0 Å². The van der Waals surface area contributed by atoms with Crippen molar-refractivity contribution in [1.82, 2.24) is 0 Å². The third-order valence-corrected chi connectivity index (χ3v) is 2.62. The van der Waals surface area contributed by atoms with Crippen LogP contribution in [-0.4, -0.2) is 0 Å². The van der Waals surface area contributed by atoms with E-state index in [2.05, 4.69) is 42.5 Å². The molecule has 0 aromatic heterocycles. The van der Waals surface area contributed by atoms with Crippen molar-refractivity contribution in [2.24, 2.45) is 0 Å². The molecule has 0 heterocycles. The number of hydrogen-bond donors (Lipinski definition) is 0. The maximum Gasteiger partial charge on any atom is -0.0253 e. The van der Waals surface area contributed by atoms with Gasteiger partial charge in [0.05, 0.1) is 0 Å². The van der Waals surface area contributed by atoms with Crippen LogP contribution in [0.15, 0.2) is 42.5 Å². The quantitative estimate of drug-likeness (QED) is 0.487. The minimum Gasteiger partial charge on any atom is -0.179 e. The van der Waals surface area contributed by atoms with Crippen molar-refractivity contribution in [2.45, 2.75) is 6.42 Å². The van der Waals surface area contributed by atoms with Gasteiger partial charge in [0.2, 0.25) is 0 Å². The maximum atomic E-state index is 5.00. The van der Waals surface area contributed by atoms with Gasteiger partial charge in [-0.05, 0) is 6.42 Å². The standard InChI is InChI=1S/C13H9.3ClH.Zr/c1-3-7-12-10(5-1)9-11-6-2-4-8-13(11)12;;;;/h1-5,7-8H,9H2;3*1H;/q-1;;;;+3/p-3. The van der Waals surface area contributed by atoms with Crippen LogP contribution in [0, 0.1) is 6.07 Å². The fourth-order valence-electron chi connectivity index (χ4n) is 2.00. The van der Waals surface area contributed by atoms with Crippen molar-refractivity contribution in [3.8, 4) is 11.1 Å². The van der Waals surface area contributed by atoms with Gasteiger partial charge in [0.25, 0.3) is 0 Å². The number of rotatable bonds is 0. The Hall–Kier alpha value is 0.193. The molecule has 2 aromatic rings. The van der Waals surface area contributed by atoms with Gasteiger partial charge in [0.15, 0.2) is 0 Å². The fourth-order valence-corrected chi connectivity index (χ4v) is 2.00. The third-order valence-electron chi connectivity index (χ3n) is 2.62. The number of halogens is 3. The van der Waals surface area contributed by atoms with E-state index in [1.165, 1.54) is 22.3 Å². The average molecular weight is 363 g/mol. The van der Waals surface area contributed by atoms with E-state index in [1.807, 2.05) is 6.07 Å². The van der Waals surface area contributed by atoms with Crippen LogP contribution in [0.4, 0.5) is 0 Å². The van der Waals surface area contributed by atoms with Crippen molar-refractivity contribution in [3.63, 3.8) is 0 Å². The average Bonchev–Trinajstić information content (AvgIpc) is 2.66. The summed E-state index contributed by atoms with van der Waals surface area (Å²) in [5.74, 6) is 0. The van der Waals surface area contributed by atoms with Crippen LogP contribution in [0.2, 0.25) is 0 Å². The number of hydrogen-bond acceptors (Lipinski definition) is 0. The third kappa shape index (κ3) is 3.58. The molecule has 0 N–H and O–H groups in total. The second-order valence-electron chi connectivity index (χ2n) is 3.61. The first-order chi connectivity index (χ1) is 8.18. The molecule has 0 radical (unpaired) electrons. The van der Waals surface area contributed by atoms with Crippen molar-refractivity contribution in [1.29, 1.82) is 0 Å². The van der Waals surface area contributed by atoms with Gasteiger partial charge in [0, 0.05) is 0 Å². The molecule has 1 aliphatic rings. The molecule has 0 amide bonds. The molecule has 0 atom stereocenters. The normalized spacial score (nSPS) is 11.0. The van der Waals surface area contributed by atoms with Crippen LogP contribution in [0.1, 0.15) is 11.1 Å². The second-order valence-corrected chi connectivity index (χ2v) is 14.8. The molecule has 87 valence electrons. The van der Waals surface area contributed by atoms with E-state index in [0.29, 0.717) is 0 Å². The molecule has 17 heavy (non-hydrogen) atoms. The zero-order valence-corrected chi connectivity index (χ0v) is 13.6. The van der Waals surface area contributed by atoms with Gasteiger partial charge in [-0.3, -0.25) is 0 Å². The van der Waals surface area contributed by atoms with Gasteiger partial charge in [-0.2, -0.15) is 29.8 Å². The summed E-state index contributed by atoms with van der Waals surface area (Å²) in [7, 11) is 15.0. The Morgan fingerprint density at radius 3 is 2.35 bits per heavy atom. The SMILES string of the molecule is [Cl][Zr]([Cl])[Cl].[c-]1cccc2c1Cc1ccccc1-2. The molecule has 0 fully saturated rings. The van der Waals surface area contributed by atoms with Gasteiger partial charge >= 0.3 is 43.7 Å². The Bertz CT molecular complexity index is 465. The Balaban J connectivity index is 0.000000239. The monoisotopic (exact) mass is 360 g/mol. The summed E-state index contributed by atoms with van der Waals surface area (Å²) in [4.78, 5) is 0.